The van der Waals surface area contributed by atoms with Crippen molar-refractivity contribution in [2.45, 2.75) is 32.6 Å². The van der Waals surface area contributed by atoms with Gasteiger partial charge in [0.1, 0.15) is 5.69 Å². The van der Waals surface area contributed by atoms with Crippen molar-refractivity contribution in [3.05, 3.63) is 17.5 Å². The molecule has 1 aromatic rings. The Kier molecular flexibility index (Phi) is 4.76. The lowest BCUT2D eigenvalue weighted by Crippen LogP contribution is -2.40. The van der Waals surface area contributed by atoms with Crippen LogP contribution >= 0.6 is 0 Å². The average Bonchev–Trinajstić information content (AvgIpc) is 2.95. The molecule has 20 heavy (non-hydrogen) atoms. The number of methoxy groups -OCH3 is 1. The van der Waals surface area contributed by atoms with E-state index in [1.165, 1.54) is 7.11 Å². The number of aryl methyl sites for hydroxylation is 1. The van der Waals surface area contributed by atoms with Crippen LogP contribution in [0.4, 0.5) is 0 Å². The Morgan fingerprint density at radius 2 is 2.15 bits per heavy atom. The van der Waals surface area contributed by atoms with Crippen LogP contribution in [0.15, 0.2) is 6.07 Å². The van der Waals surface area contributed by atoms with Crippen LogP contribution in [0.1, 0.15) is 42.4 Å². The van der Waals surface area contributed by atoms with Gasteiger partial charge in [0.15, 0.2) is 0 Å². The standard InChI is InChI=1S/C14H21N3O3/c1-3-4-11-9-12(16-15-11)13(18)17-7-5-10(6-8-17)14(19)20-2/h9-10H,3-8H2,1-2H3,(H,15,16). The molecule has 1 N–H and O–H groups in total. The van der Waals surface area contributed by atoms with Crippen molar-refractivity contribution in [2.24, 2.45) is 5.92 Å². The van der Waals surface area contributed by atoms with Crippen molar-refractivity contribution < 1.29 is 14.3 Å². The number of rotatable bonds is 4. The van der Waals surface area contributed by atoms with E-state index in [-0.39, 0.29) is 17.8 Å². The van der Waals surface area contributed by atoms with E-state index < -0.39 is 0 Å². The van der Waals surface area contributed by atoms with Crippen molar-refractivity contribution in [1.82, 2.24) is 15.1 Å². The molecule has 2 heterocycles. The Bertz CT molecular complexity index is 476. The number of nitrogens with zero attached hydrogens (tertiary/aromatic N) is 2. The topological polar surface area (TPSA) is 75.3 Å². The van der Waals surface area contributed by atoms with E-state index in [0.717, 1.165) is 18.5 Å². The van der Waals surface area contributed by atoms with Gasteiger partial charge in [0.2, 0.25) is 0 Å². The number of aromatic nitrogens is 2. The molecule has 0 bridgehead atoms. The van der Waals surface area contributed by atoms with Gasteiger partial charge in [-0.15, -0.1) is 0 Å². The van der Waals surface area contributed by atoms with E-state index in [2.05, 4.69) is 17.1 Å². The molecule has 6 nitrogen and oxygen atoms in total. The van der Waals surface area contributed by atoms with Crippen molar-refractivity contribution >= 4 is 11.9 Å². The molecule has 1 aliphatic rings. The van der Waals surface area contributed by atoms with Gasteiger partial charge >= 0.3 is 5.97 Å². The van der Waals surface area contributed by atoms with Gasteiger partial charge in [-0.05, 0) is 25.3 Å². The van der Waals surface area contributed by atoms with Crippen molar-refractivity contribution in [1.29, 1.82) is 0 Å². The second-order valence-corrected chi connectivity index (χ2v) is 5.12. The Labute approximate surface area is 118 Å². The van der Waals surface area contributed by atoms with E-state index >= 15 is 0 Å². The number of piperidine rings is 1. The van der Waals surface area contributed by atoms with Crippen LogP contribution in [0.25, 0.3) is 0 Å². The van der Waals surface area contributed by atoms with E-state index in [9.17, 15) is 9.59 Å². The predicted octanol–water partition coefficient (Wildman–Crippen LogP) is 1.39. The minimum Gasteiger partial charge on any atom is -0.469 e. The van der Waals surface area contributed by atoms with E-state index in [1.54, 1.807) is 4.90 Å². The summed E-state index contributed by atoms with van der Waals surface area (Å²) in [5.74, 6) is -0.326. The van der Waals surface area contributed by atoms with Crippen LogP contribution in [0.5, 0.6) is 0 Å². The molecule has 6 heteroatoms. The summed E-state index contributed by atoms with van der Waals surface area (Å²) in [6.07, 6.45) is 3.22. The largest absolute Gasteiger partial charge is 0.469 e. The van der Waals surface area contributed by atoms with E-state index in [1.807, 2.05) is 6.07 Å². The maximum atomic E-state index is 12.3. The maximum absolute atomic E-state index is 12.3. The number of carbonyl (C=O) groups excluding carboxylic acids is 2. The molecule has 0 aliphatic carbocycles. The minimum atomic E-state index is -0.179. The fourth-order valence-corrected chi connectivity index (χ4v) is 2.52. The van der Waals surface area contributed by atoms with Gasteiger partial charge in [0, 0.05) is 18.8 Å². The monoisotopic (exact) mass is 279 g/mol. The zero-order valence-electron chi connectivity index (χ0n) is 12.0. The highest BCUT2D eigenvalue weighted by Crippen LogP contribution is 2.20. The predicted molar refractivity (Wildman–Crippen MR) is 73.2 cm³/mol. The average molecular weight is 279 g/mol. The molecule has 1 fully saturated rings. The van der Waals surface area contributed by atoms with Crippen molar-refractivity contribution in [3.8, 4) is 0 Å². The van der Waals surface area contributed by atoms with Gasteiger partial charge in [-0.3, -0.25) is 14.7 Å². The fourth-order valence-electron chi connectivity index (χ4n) is 2.52. The van der Waals surface area contributed by atoms with Crippen LogP contribution in [-0.4, -0.2) is 47.2 Å². The van der Waals surface area contributed by atoms with Crippen LogP contribution in [0.2, 0.25) is 0 Å². The first-order valence-corrected chi connectivity index (χ1v) is 7.07. The van der Waals surface area contributed by atoms with Crippen LogP contribution in [-0.2, 0) is 16.0 Å². The maximum Gasteiger partial charge on any atom is 0.308 e. The summed E-state index contributed by atoms with van der Waals surface area (Å²) in [4.78, 5) is 25.5. The molecular formula is C14H21N3O3. The lowest BCUT2D eigenvalue weighted by Gasteiger charge is -2.30. The summed E-state index contributed by atoms with van der Waals surface area (Å²) in [5, 5.41) is 6.96. The molecule has 1 aliphatic heterocycles. The quantitative estimate of drug-likeness (QED) is 0.845. The SMILES string of the molecule is CCCc1cc(C(=O)N2CCC(C(=O)OC)CC2)n[nH]1. The Hall–Kier alpha value is -1.85. The Balaban J connectivity index is 1.92. The molecule has 0 aromatic carbocycles. The normalized spacial score (nSPS) is 16.2. The smallest absolute Gasteiger partial charge is 0.308 e. The van der Waals surface area contributed by atoms with Gasteiger partial charge in [0.25, 0.3) is 5.91 Å². The number of esters is 1. The molecule has 110 valence electrons. The first-order valence-electron chi connectivity index (χ1n) is 7.07. The first-order chi connectivity index (χ1) is 9.65. The summed E-state index contributed by atoms with van der Waals surface area (Å²) >= 11 is 0. The molecule has 0 radical (unpaired) electrons. The molecule has 1 saturated heterocycles. The van der Waals surface area contributed by atoms with Crippen molar-refractivity contribution in [3.63, 3.8) is 0 Å². The summed E-state index contributed by atoms with van der Waals surface area (Å²) in [5.41, 5.74) is 1.45. The number of aromatic amines is 1. The summed E-state index contributed by atoms with van der Waals surface area (Å²) in [6.45, 7) is 3.24. The highest BCUT2D eigenvalue weighted by Gasteiger charge is 2.29. The number of hydrogen-bond acceptors (Lipinski definition) is 4. The summed E-state index contributed by atoms with van der Waals surface area (Å²) in [6, 6.07) is 1.82. The number of nitrogens with one attached hydrogen (secondary N) is 1. The molecule has 1 amide bonds. The second-order valence-electron chi connectivity index (χ2n) is 5.12. The third kappa shape index (κ3) is 3.18. The number of amides is 1. The molecule has 0 spiro atoms. The van der Waals surface area contributed by atoms with Crippen LogP contribution in [0, 0.1) is 5.92 Å². The molecule has 1 aromatic heterocycles. The molecule has 2 rings (SSSR count). The molecule has 0 atom stereocenters. The van der Waals surface area contributed by atoms with Gasteiger partial charge in [-0.2, -0.15) is 5.10 Å². The third-order valence-corrected chi connectivity index (χ3v) is 3.69. The molecular weight excluding hydrogens is 258 g/mol. The fraction of sp³-hybridized carbons (Fsp3) is 0.643. The van der Waals surface area contributed by atoms with Gasteiger partial charge in [0.05, 0.1) is 13.0 Å². The molecule has 0 unspecified atom stereocenters. The number of hydrogen-bond donors (Lipinski definition) is 1. The zero-order chi connectivity index (χ0) is 14.5. The van der Waals surface area contributed by atoms with Crippen molar-refractivity contribution in [2.75, 3.05) is 20.2 Å². The second kappa shape index (κ2) is 6.54. The number of likely N-dealkylation sites (tertiary alicyclic amines) is 1. The van der Waals surface area contributed by atoms with Gasteiger partial charge in [-0.25, -0.2) is 0 Å². The first kappa shape index (κ1) is 14.6. The Morgan fingerprint density at radius 3 is 2.75 bits per heavy atom. The van der Waals surface area contributed by atoms with Gasteiger partial charge in [-0.1, -0.05) is 13.3 Å². The highest BCUT2D eigenvalue weighted by molar-refractivity contribution is 5.92. The van der Waals surface area contributed by atoms with Gasteiger partial charge < -0.3 is 9.64 Å². The van der Waals surface area contributed by atoms with Crippen LogP contribution < -0.4 is 0 Å². The summed E-state index contributed by atoms with van der Waals surface area (Å²) < 4.78 is 4.74. The van der Waals surface area contributed by atoms with E-state index in [4.69, 9.17) is 4.74 Å². The summed E-state index contributed by atoms with van der Waals surface area (Å²) in [7, 11) is 1.40. The lowest BCUT2D eigenvalue weighted by atomic mass is 9.97. The van der Waals surface area contributed by atoms with E-state index in [0.29, 0.717) is 31.6 Å². The molecule has 0 saturated carbocycles. The highest BCUT2D eigenvalue weighted by atomic mass is 16.5. The van der Waals surface area contributed by atoms with Crippen LogP contribution in [0.3, 0.4) is 0 Å². The zero-order valence-corrected chi connectivity index (χ0v) is 12.0. The number of H-pyrrole nitrogens is 1. The minimum absolute atomic E-state index is 0.0630. The third-order valence-electron chi connectivity index (χ3n) is 3.69. The Morgan fingerprint density at radius 1 is 1.45 bits per heavy atom. The lowest BCUT2D eigenvalue weighted by molar-refractivity contribution is -0.146. The number of ether oxygens (including phenoxy) is 1. The number of carbonyl (C=O) groups is 2.